The van der Waals surface area contributed by atoms with Crippen molar-refractivity contribution in [3.8, 4) is 28.7 Å². The van der Waals surface area contributed by atoms with Crippen molar-refractivity contribution in [2.75, 3.05) is 31.2 Å². The van der Waals surface area contributed by atoms with Gasteiger partial charge in [0, 0.05) is 30.9 Å². The average Bonchev–Trinajstić information content (AvgIpc) is 3.59. The fraction of sp³-hybridized carbons (Fsp3) is 0.217. The highest BCUT2D eigenvalue weighted by Gasteiger charge is 2.22. The summed E-state index contributed by atoms with van der Waals surface area (Å²) in [4.78, 5) is 11.8. The molecule has 0 bridgehead atoms. The zero-order chi connectivity index (χ0) is 21.5. The number of morpholine rings is 1. The Balaban J connectivity index is 1.47. The monoisotopic (exact) mass is 427 g/mol. The first-order valence-electron chi connectivity index (χ1n) is 10.5. The third-order valence-corrected chi connectivity index (χ3v) is 5.49. The van der Waals surface area contributed by atoms with Crippen LogP contribution < -0.4 is 4.90 Å². The number of hydrogen-bond acceptors (Lipinski definition) is 7. The maximum absolute atomic E-state index is 6.21. The second-order valence-corrected chi connectivity index (χ2v) is 7.71. The normalized spacial score (nSPS) is 14.3. The van der Waals surface area contributed by atoms with Crippen LogP contribution in [0.3, 0.4) is 0 Å². The van der Waals surface area contributed by atoms with Crippen LogP contribution in [0.2, 0.25) is 0 Å². The van der Waals surface area contributed by atoms with Crippen LogP contribution in [0.4, 0.5) is 5.82 Å². The van der Waals surface area contributed by atoms with Gasteiger partial charge in [0.05, 0.1) is 24.6 Å². The molecule has 5 aromatic rings. The molecule has 4 aromatic heterocycles. The number of rotatable bonds is 4. The molecule has 0 amide bonds. The minimum atomic E-state index is 0.495. The summed E-state index contributed by atoms with van der Waals surface area (Å²) in [5.41, 5.74) is 4.97. The molecule has 0 atom stereocenters. The summed E-state index contributed by atoms with van der Waals surface area (Å²) in [6, 6.07) is 15.9. The van der Waals surface area contributed by atoms with Gasteiger partial charge in [0.2, 0.25) is 0 Å². The van der Waals surface area contributed by atoms with Crippen molar-refractivity contribution in [1.82, 2.24) is 29.9 Å². The van der Waals surface area contributed by atoms with Crippen LogP contribution in [0.15, 0.2) is 59.1 Å². The molecule has 9 nitrogen and oxygen atoms in total. The largest absolute Gasteiger partial charge is 0.449 e. The van der Waals surface area contributed by atoms with Gasteiger partial charge in [0.1, 0.15) is 11.2 Å². The number of aryl methyl sites for hydroxylation is 1. The van der Waals surface area contributed by atoms with E-state index in [1.54, 1.807) is 4.68 Å². The first-order valence-corrected chi connectivity index (χ1v) is 10.5. The van der Waals surface area contributed by atoms with Gasteiger partial charge in [-0.2, -0.15) is 15.2 Å². The lowest BCUT2D eigenvalue weighted by molar-refractivity contribution is 0.122. The van der Waals surface area contributed by atoms with Gasteiger partial charge in [-0.15, -0.1) is 0 Å². The van der Waals surface area contributed by atoms with Crippen LogP contribution in [0.25, 0.3) is 39.8 Å². The highest BCUT2D eigenvalue weighted by atomic mass is 16.5. The zero-order valence-electron chi connectivity index (χ0n) is 17.5. The second kappa shape index (κ2) is 7.61. The number of H-pyrrole nitrogens is 1. The molecule has 6 rings (SSSR count). The van der Waals surface area contributed by atoms with Crippen LogP contribution in [-0.2, 0) is 4.74 Å². The standard InChI is InChI=1S/C23H21N7O2/c1-15-13-18(27-26-15)20-14-19-21(32-20)22(29-9-11-31-12-10-29)25-23(24-19)30-8-7-17(28-30)16-5-3-2-4-6-16/h2-8,13-14H,9-12H2,1H3,(H,26,27). The van der Waals surface area contributed by atoms with E-state index in [2.05, 4.69) is 15.1 Å². The van der Waals surface area contributed by atoms with E-state index in [-0.39, 0.29) is 0 Å². The van der Waals surface area contributed by atoms with Gasteiger partial charge in [-0.25, -0.2) is 9.67 Å². The molecular formula is C23H21N7O2. The minimum absolute atomic E-state index is 0.495. The lowest BCUT2D eigenvalue weighted by Gasteiger charge is -2.27. The van der Waals surface area contributed by atoms with E-state index in [1.807, 2.05) is 61.7 Å². The summed E-state index contributed by atoms with van der Waals surface area (Å²) in [6.45, 7) is 4.70. The van der Waals surface area contributed by atoms with Gasteiger partial charge in [0.15, 0.2) is 17.2 Å². The number of furan rings is 1. The Morgan fingerprint density at radius 2 is 1.84 bits per heavy atom. The number of ether oxygens (including phenoxy) is 1. The Labute approximate surface area is 183 Å². The fourth-order valence-corrected chi connectivity index (χ4v) is 3.87. The van der Waals surface area contributed by atoms with Crippen molar-refractivity contribution in [1.29, 1.82) is 0 Å². The van der Waals surface area contributed by atoms with Gasteiger partial charge in [0.25, 0.3) is 5.95 Å². The topological polar surface area (TPSA) is 97.9 Å². The quantitative estimate of drug-likeness (QED) is 0.468. The number of nitrogens with one attached hydrogen (secondary N) is 1. The van der Waals surface area contributed by atoms with E-state index in [1.165, 1.54) is 0 Å². The highest BCUT2D eigenvalue weighted by Crippen LogP contribution is 2.32. The fourth-order valence-electron chi connectivity index (χ4n) is 3.87. The number of nitrogens with zero attached hydrogens (tertiary/aromatic N) is 6. The predicted molar refractivity (Wildman–Crippen MR) is 120 cm³/mol. The van der Waals surface area contributed by atoms with Crippen LogP contribution >= 0.6 is 0 Å². The molecule has 0 spiro atoms. The lowest BCUT2D eigenvalue weighted by Crippen LogP contribution is -2.37. The number of aromatic nitrogens is 6. The zero-order valence-corrected chi connectivity index (χ0v) is 17.5. The Kier molecular flexibility index (Phi) is 4.46. The minimum Gasteiger partial charge on any atom is -0.449 e. The number of hydrogen-bond donors (Lipinski definition) is 1. The number of benzene rings is 1. The second-order valence-electron chi connectivity index (χ2n) is 7.71. The number of fused-ring (bicyclic) bond motifs is 1. The molecule has 9 heteroatoms. The maximum Gasteiger partial charge on any atom is 0.253 e. The molecule has 1 saturated heterocycles. The molecule has 0 radical (unpaired) electrons. The Morgan fingerprint density at radius 1 is 1.00 bits per heavy atom. The van der Waals surface area contributed by atoms with Crippen LogP contribution in [0, 0.1) is 6.92 Å². The molecule has 1 N–H and O–H groups in total. The van der Waals surface area contributed by atoms with Crippen LogP contribution in [0.5, 0.6) is 0 Å². The van der Waals surface area contributed by atoms with Gasteiger partial charge < -0.3 is 14.1 Å². The third kappa shape index (κ3) is 3.32. The Morgan fingerprint density at radius 3 is 2.62 bits per heavy atom. The van der Waals surface area contributed by atoms with E-state index >= 15 is 0 Å². The molecule has 160 valence electrons. The van der Waals surface area contributed by atoms with Crippen molar-refractivity contribution < 1.29 is 9.15 Å². The number of aromatic amines is 1. The highest BCUT2D eigenvalue weighted by molar-refractivity contribution is 5.88. The molecular weight excluding hydrogens is 406 g/mol. The Bertz CT molecular complexity index is 1380. The number of anilines is 1. The van der Waals surface area contributed by atoms with E-state index < -0.39 is 0 Å². The average molecular weight is 427 g/mol. The van der Waals surface area contributed by atoms with E-state index in [4.69, 9.17) is 24.2 Å². The molecule has 0 aliphatic carbocycles. The third-order valence-electron chi connectivity index (χ3n) is 5.49. The van der Waals surface area contributed by atoms with Gasteiger partial charge >= 0.3 is 0 Å². The lowest BCUT2D eigenvalue weighted by atomic mass is 10.2. The first kappa shape index (κ1) is 18.8. The van der Waals surface area contributed by atoms with Crippen LogP contribution in [0.1, 0.15) is 5.69 Å². The van der Waals surface area contributed by atoms with Crippen molar-refractivity contribution in [2.24, 2.45) is 0 Å². The summed E-state index contributed by atoms with van der Waals surface area (Å²) in [7, 11) is 0. The van der Waals surface area contributed by atoms with E-state index in [9.17, 15) is 0 Å². The van der Waals surface area contributed by atoms with Gasteiger partial charge in [-0.3, -0.25) is 5.10 Å². The molecule has 1 aromatic carbocycles. The summed E-state index contributed by atoms with van der Waals surface area (Å²) < 4.78 is 13.4. The van der Waals surface area contributed by atoms with Crippen molar-refractivity contribution >= 4 is 16.9 Å². The SMILES string of the molecule is Cc1cc(-c2cc3nc(-n4ccc(-c5ccccc5)n4)nc(N4CCOCC4)c3o2)[nH]n1. The molecule has 32 heavy (non-hydrogen) atoms. The van der Waals surface area contributed by atoms with Crippen molar-refractivity contribution in [2.45, 2.75) is 6.92 Å². The molecule has 1 aliphatic rings. The van der Waals surface area contributed by atoms with Crippen LogP contribution in [-0.4, -0.2) is 56.2 Å². The molecule has 1 aliphatic heterocycles. The molecule has 0 unspecified atom stereocenters. The summed E-state index contributed by atoms with van der Waals surface area (Å²) >= 11 is 0. The van der Waals surface area contributed by atoms with Gasteiger partial charge in [-0.1, -0.05) is 30.3 Å². The van der Waals surface area contributed by atoms with Crippen molar-refractivity contribution in [3.63, 3.8) is 0 Å². The summed E-state index contributed by atoms with van der Waals surface area (Å²) in [5, 5.41) is 11.9. The smallest absolute Gasteiger partial charge is 0.253 e. The summed E-state index contributed by atoms with van der Waals surface area (Å²) in [6.07, 6.45) is 1.88. The predicted octanol–water partition coefficient (Wildman–Crippen LogP) is 3.61. The van der Waals surface area contributed by atoms with Crippen molar-refractivity contribution in [3.05, 3.63) is 60.4 Å². The first-order chi connectivity index (χ1) is 15.7. The van der Waals surface area contributed by atoms with E-state index in [0.717, 1.165) is 47.1 Å². The Hall–Kier alpha value is -3.98. The molecule has 0 saturated carbocycles. The van der Waals surface area contributed by atoms with Gasteiger partial charge in [-0.05, 0) is 19.1 Å². The molecule has 1 fully saturated rings. The maximum atomic E-state index is 6.21. The summed E-state index contributed by atoms with van der Waals surface area (Å²) in [5.74, 6) is 1.91. The molecule has 5 heterocycles. The van der Waals surface area contributed by atoms with E-state index in [0.29, 0.717) is 30.5 Å².